The van der Waals surface area contributed by atoms with Crippen LogP contribution in [-0.2, 0) is 6.18 Å². The Kier molecular flexibility index (Phi) is 7.17. The molecule has 0 saturated carbocycles. The van der Waals surface area contributed by atoms with Crippen LogP contribution >= 0.6 is 11.6 Å². The van der Waals surface area contributed by atoms with E-state index in [1.807, 2.05) is 30.3 Å². The quantitative estimate of drug-likeness (QED) is 0.258. The number of hydrogen-bond acceptors (Lipinski definition) is 1. The molecule has 0 amide bonds. The fourth-order valence-corrected chi connectivity index (χ4v) is 3.11. The lowest BCUT2D eigenvalue weighted by Crippen LogP contribution is -2.70. The molecule has 0 saturated heterocycles. The topological polar surface area (TPSA) is 27.1 Å². The van der Waals surface area contributed by atoms with Gasteiger partial charge in [0.2, 0.25) is 11.0 Å². The van der Waals surface area contributed by atoms with Crippen molar-refractivity contribution in [1.82, 2.24) is 0 Å². The van der Waals surface area contributed by atoms with Crippen LogP contribution in [0.4, 0.5) is 36.1 Å². The molecule has 0 aliphatic rings. The summed E-state index contributed by atoms with van der Waals surface area (Å²) >= 11 is 6.12. The highest BCUT2D eigenvalue weighted by Gasteiger charge is 2.31. The van der Waals surface area contributed by atoms with Gasteiger partial charge in [0.25, 0.3) is 0 Å². The Morgan fingerprint density at radius 3 is 2.09 bits per heavy atom. The highest BCUT2D eigenvalue weighted by Crippen LogP contribution is 2.29. The monoisotopic (exact) mass is 487 g/mol. The number of benzene rings is 3. The molecule has 0 fully saturated rings. The van der Waals surface area contributed by atoms with Crippen molar-refractivity contribution >= 4 is 35.5 Å². The van der Waals surface area contributed by atoms with Gasteiger partial charge in [0.05, 0.1) is 17.0 Å². The zero-order chi connectivity index (χ0) is 24.2. The molecule has 11 heteroatoms. The van der Waals surface area contributed by atoms with Crippen LogP contribution in [0.15, 0.2) is 83.3 Å². The number of hydrogen-bond donors (Lipinski definition) is 1. The molecule has 4 rings (SSSR count). The minimum absolute atomic E-state index is 0.321. The molecule has 172 valence electrons. The predicted octanol–water partition coefficient (Wildman–Crippen LogP) is 6.39. The number of alkyl halides is 3. The highest BCUT2D eigenvalue weighted by molar-refractivity contribution is 6.50. The third kappa shape index (κ3) is 7.11. The van der Waals surface area contributed by atoms with Crippen LogP contribution in [-0.4, -0.2) is 7.25 Å². The maximum atomic E-state index is 13.0. The first-order chi connectivity index (χ1) is 15.4. The van der Waals surface area contributed by atoms with E-state index in [0.717, 1.165) is 17.7 Å². The van der Waals surface area contributed by atoms with Crippen molar-refractivity contribution < 1.29 is 39.8 Å². The minimum Gasteiger partial charge on any atom is -0.456 e. The van der Waals surface area contributed by atoms with Gasteiger partial charge >= 0.3 is 13.4 Å². The summed E-state index contributed by atoms with van der Waals surface area (Å²) in [6, 6.07) is 21.4. The molecule has 3 aromatic carbocycles. The lowest BCUT2D eigenvalue weighted by molar-refractivity contribution is -0.401. The van der Waals surface area contributed by atoms with Crippen LogP contribution < -0.4 is 10.3 Å². The third-order valence-corrected chi connectivity index (χ3v) is 4.49. The SMILES string of the molecule is FC(F)(F)c1cccc([NH+]=c2cc(-c3ccccc3)oc3ccc(Cl)cc23)c1.F[B-](F)(F)F. The largest absolute Gasteiger partial charge is 0.673 e. The fraction of sp³-hybridized carbons (Fsp3) is 0.0455. The average Bonchev–Trinajstić information content (AvgIpc) is 2.73. The highest BCUT2D eigenvalue weighted by atomic mass is 35.5. The Bertz CT molecular complexity index is 1310. The Hall–Kier alpha value is -3.27. The van der Waals surface area contributed by atoms with Crippen LogP contribution in [0.5, 0.6) is 0 Å². The smallest absolute Gasteiger partial charge is 0.456 e. The van der Waals surface area contributed by atoms with Gasteiger partial charge in [0, 0.05) is 22.7 Å². The molecule has 0 aliphatic heterocycles. The Morgan fingerprint density at radius 1 is 0.788 bits per heavy atom. The first kappa shape index (κ1) is 24.4. The van der Waals surface area contributed by atoms with Crippen molar-refractivity contribution in [2.45, 2.75) is 6.18 Å². The van der Waals surface area contributed by atoms with Crippen molar-refractivity contribution in [2.75, 3.05) is 0 Å². The van der Waals surface area contributed by atoms with Crippen molar-refractivity contribution in [1.29, 1.82) is 0 Å². The van der Waals surface area contributed by atoms with Crippen LogP contribution in [0.2, 0.25) is 5.02 Å². The standard InChI is InChI=1S/C22H13ClF3NO.BF4/c23-16-9-10-20-18(12-16)19(13-21(28-20)14-5-2-1-3-6-14)27-17-8-4-7-15(11-17)22(24,25)26;2-1(3,4)5/h1-13H;/q;-1/p+1. The molecular formula is C22H14BClF7NO. The first-order valence-electron chi connectivity index (χ1n) is 9.33. The second kappa shape index (κ2) is 9.70. The number of rotatable bonds is 2. The summed E-state index contributed by atoms with van der Waals surface area (Å²) in [5, 5.41) is 1.77. The molecule has 1 heterocycles. The van der Waals surface area contributed by atoms with Gasteiger partial charge < -0.3 is 21.7 Å². The lowest BCUT2D eigenvalue weighted by Gasteiger charge is -2.05. The second-order valence-corrected chi connectivity index (χ2v) is 7.17. The molecule has 0 atom stereocenters. The van der Waals surface area contributed by atoms with Crippen molar-refractivity contribution in [3.63, 3.8) is 0 Å². The van der Waals surface area contributed by atoms with Crippen LogP contribution in [0, 0.1) is 0 Å². The molecule has 0 aliphatic carbocycles. The number of fused-ring (bicyclic) bond motifs is 1. The van der Waals surface area contributed by atoms with Gasteiger partial charge in [0.1, 0.15) is 11.3 Å². The van der Waals surface area contributed by atoms with E-state index in [-0.39, 0.29) is 0 Å². The van der Waals surface area contributed by atoms with Gasteiger partial charge in [-0.1, -0.05) is 48.0 Å². The Labute approximate surface area is 188 Å². The molecule has 1 N–H and O–H groups in total. The molecule has 0 bridgehead atoms. The molecule has 33 heavy (non-hydrogen) atoms. The molecule has 4 aromatic rings. The van der Waals surface area contributed by atoms with Crippen molar-refractivity contribution in [2.24, 2.45) is 0 Å². The van der Waals surface area contributed by atoms with Crippen LogP contribution in [0.1, 0.15) is 5.56 Å². The van der Waals surface area contributed by atoms with E-state index in [1.54, 1.807) is 30.3 Å². The summed E-state index contributed by atoms with van der Waals surface area (Å²) in [6.45, 7) is 0. The van der Waals surface area contributed by atoms with Gasteiger partial charge in [0.15, 0.2) is 0 Å². The summed E-state index contributed by atoms with van der Waals surface area (Å²) in [5.74, 6) is 0.588. The summed E-state index contributed by atoms with van der Waals surface area (Å²) in [5.41, 5.74) is 1.02. The van der Waals surface area contributed by atoms with E-state index in [9.17, 15) is 30.4 Å². The van der Waals surface area contributed by atoms with E-state index in [0.29, 0.717) is 32.8 Å². The zero-order valence-electron chi connectivity index (χ0n) is 16.5. The molecule has 2 nitrogen and oxygen atoms in total. The van der Waals surface area contributed by atoms with Gasteiger partial charge in [-0.25, -0.2) is 4.99 Å². The molecular weight excluding hydrogens is 473 g/mol. The van der Waals surface area contributed by atoms with E-state index in [4.69, 9.17) is 16.0 Å². The molecule has 1 aromatic heterocycles. The summed E-state index contributed by atoms with van der Waals surface area (Å²) in [4.78, 5) is 3.08. The number of halogens is 8. The van der Waals surface area contributed by atoms with E-state index in [1.165, 1.54) is 6.07 Å². The van der Waals surface area contributed by atoms with Crippen molar-refractivity contribution in [3.8, 4) is 11.3 Å². The van der Waals surface area contributed by atoms with Crippen molar-refractivity contribution in [3.05, 3.63) is 94.8 Å². The Balaban J connectivity index is 0.000000555. The molecule has 0 unspecified atom stereocenters. The van der Waals surface area contributed by atoms with Gasteiger partial charge in [-0.2, -0.15) is 13.2 Å². The average molecular weight is 488 g/mol. The number of nitrogens with one attached hydrogen (secondary N) is 1. The molecule has 0 spiro atoms. The maximum absolute atomic E-state index is 13.0. The predicted molar refractivity (Wildman–Crippen MR) is 112 cm³/mol. The van der Waals surface area contributed by atoms with Crippen LogP contribution in [0.3, 0.4) is 0 Å². The minimum atomic E-state index is -6.00. The normalized spacial score (nSPS) is 12.4. The fourth-order valence-electron chi connectivity index (χ4n) is 2.94. The first-order valence-corrected chi connectivity index (χ1v) is 9.71. The van der Waals surface area contributed by atoms with Gasteiger partial charge in [-0.3, -0.25) is 0 Å². The zero-order valence-corrected chi connectivity index (χ0v) is 17.3. The molecule has 0 radical (unpaired) electrons. The Morgan fingerprint density at radius 2 is 1.45 bits per heavy atom. The summed E-state index contributed by atoms with van der Waals surface area (Å²) in [7, 11) is -6.00. The van der Waals surface area contributed by atoms with Gasteiger partial charge in [-0.05, 0) is 24.3 Å². The van der Waals surface area contributed by atoms with E-state index >= 15 is 0 Å². The van der Waals surface area contributed by atoms with Crippen LogP contribution in [0.25, 0.3) is 22.3 Å². The third-order valence-electron chi connectivity index (χ3n) is 4.25. The lowest BCUT2D eigenvalue weighted by atomic mass is 10.1. The van der Waals surface area contributed by atoms with Gasteiger partial charge in [-0.15, -0.1) is 0 Å². The maximum Gasteiger partial charge on any atom is 0.673 e. The van der Waals surface area contributed by atoms with E-state index in [2.05, 4.69) is 4.99 Å². The summed E-state index contributed by atoms with van der Waals surface area (Å²) < 4.78 is 84.1. The summed E-state index contributed by atoms with van der Waals surface area (Å²) in [6.07, 6.45) is -4.41. The second-order valence-electron chi connectivity index (χ2n) is 6.73. The van der Waals surface area contributed by atoms with E-state index < -0.39 is 19.0 Å².